The van der Waals surface area contributed by atoms with Gasteiger partial charge >= 0.3 is 0 Å². The summed E-state index contributed by atoms with van der Waals surface area (Å²) in [6, 6.07) is 7.90. The Balaban J connectivity index is 1.98. The summed E-state index contributed by atoms with van der Waals surface area (Å²) in [6.07, 6.45) is 1.65. The van der Waals surface area contributed by atoms with Crippen LogP contribution in [0, 0.1) is 0 Å². The fraction of sp³-hybridized carbons (Fsp3) is 0.471. The zero-order valence-electron chi connectivity index (χ0n) is 14.6. The van der Waals surface area contributed by atoms with E-state index in [0.29, 0.717) is 10.9 Å². The number of rotatable bonds is 8. The number of hydrogen-bond acceptors (Lipinski definition) is 5. The monoisotopic (exact) mass is 348 g/mol. The van der Waals surface area contributed by atoms with Gasteiger partial charge in [0.1, 0.15) is 11.6 Å². The zero-order chi connectivity index (χ0) is 17.5. The molecule has 0 unspecified atom stereocenters. The number of aromatic amines is 1. The molecular formula is C17H24N4O2S. The van der Waals surface area contributed by atoms with Gasteiger partial charge in [0, 0.05) is 13.5 Å². The maximum absolute atomic E-state index is 12.5. The number of aryl methyl sites for hydroxylation is 1. The van der Waals surface area contributed by atoms with Crippen LogP contribution >= 0.6 is 11.8 Å². The summed E-state index contributed by atoms with van der Waals surface area (Å²) < 4.78 is 5.19. The molecule has 1 aromatic carbocycles. The normalized spacial score (nSPS) is 12.0. The third kappa shape index (κ3) is 4.50. The van der Waals surface area contributed by atoms with E-state index in [1.807, 2.05) is 38.2 Å². The number of carbonyl (C=O) groups is 1. The number of carbonyl (C=O) groups excluding carboxylic acids is 1. The Hall–Kier alpha value is -2.02. The van der Waals surface area contributed by atoms with Gasteiger partial charge in [-0.15, -0.1) is 5.10 Å². The third-order valence-electron chi connectivity index (χ3n) is 3.92. The van der Waals surface area contributed by atoms with Gasteiger partial charge in [-0.05, 0) is 24.1 Å². The van der Waals surface area contributed by atoms with Crippen molar-refractivity contribution in [2.45, 2.75) is 37.9 Å². The van der Waals surface area contributed by atoms with Crippen LogP contribution in [0.25, 0.3) is 0 Å². The van der Waals surface area contributed by atoms with Crippen LogP contribution in [-0.2, 0) is 11.2 Å². The summed E-state index contributed by atoms with van der Waals surface area (Å²) in [5.41, 5.74) is 1.10. The van der Waals surface area contributed by atoms with Crippen molar-refractivity contribution < 1.29 is 9.53 Å². The van der Waals surface area contributed by atoms with E-state index >= 15 is 0 Å². The number of methoxy groups -OCH3 is 1. The number of hydrogen-bond donors (Lipinski definition) is 1. The van der Waals surface area contributed by atoms with Gasteiger partial charge in [0.25, 0.3) is 0 Å². The van der Waals surface area contributed by atoms with Crippen molar-refractivity contribution in [3.05, 3.63) is 35.7 Å². The van der Waals surface area contributed by atoms with E-state index < -0.39 is 0 Å². The van der Waals surface area contributed by atoms with E-state index in [-0.39, 0.29) is 11.9 Å². The zero-order valence-corrected chi connectivity index (χ0v) is 15.4. The number of nitrogens with zero attached hydrogens (tertiary/aromatic N) is 3. The number of H-pyrrole nitrogens is 1. The second kappa shape index (κ2) is 8.73. The van der Waals surface area contributed by atoms with Gasteiger partial charge in [0.15, 0.2) is 0 Å². The number of thioether (sulfide) groups is 1. The molecule has 0 saturated heterocycles. The number of benzene rings is 1. The summed E-state index contributed by atoms with van der Waals surface area (Å²) in [4.78, 5) is 18.6. The molecule has 0 aliphatic rings. The highest BCUT2D eigenvalue weighted by atomic mass is 32.2. The Morgan fingerprint density at radius 1 is 1.33 bits per heavy atom. The first-order valence-corrected chi connectivity index (χ1v) is 9.01. The Morgan fingerprint density at radius 3 is 2.58 bits per heavy atom. The van der Waals surface area contributed by atoms with Gasteiger partial charge < -0.3 is 9.64 Å². The number of amides is 1. The number of nitrogens with one attached hydrogen (secondary N) is 1. The van der Waals surface area contributed by atoms with Crippen LogP contribution < -0.4 is 4.74 Å². The van der Waals surface area contributed by atoms with Crippen LogP contribution in [0.2, 0.25) is 0 Å². The van der Waals surface area contributed by atoms with Crippen LogP contribution in [0.1, 0.15) is 37.7 Å². The van der Waals surface area contributed by atoms with Gasteiger partial charge in [0.2, 0.25) is 11.1 Å². The molecule has 1 atom stereocenters. The minimum atomic E-state index is 0.0438. The lowest BCUT2D eigenvalue weighted by Gasteiger charge is -2.27. The van der Waals surface area contributed by atoms with Crippen LogP contribution in [0.5, 0.6) is 5.75 Å². The van der Waals surface area contributed by atoms with E-state index in [1.54, 1.807) is 12.0 Å². The molecule has 2 rings (SSSR count). The molecule has 7 heteroatoms. The second-order valence-electron chi connectivity index (χ2n) is 5.41. The third-order valence-corrected chi connectivity index (χ3v) is 4.75. The fourth-order valence-electron chi connectivity index (χ4n) is 2.46. The fourth-order valence-corrected chi connectivity index (χ4v) is 3.20. The lowest BCUT2D eigenvalue weighted by atomic mass is 10.0. The predicted octanol–water partition coefficient (Wildman–Crippen LogP) is 3.08. The molecule has 1 N–H and O–H groups in total. The Morgan fingerprint density at radius 2 is 2.04 bits per heavy atom. The molecule has 6 nitrogen and oxygen atoms in total. The molecule has 0 saturated carbocycles. The average Bonchev–Trinajstić information content (AvgIpc) is 3.09. The molecular weight excluding hydrogens is 324 g/mol. The Kier molecular flexibility index (Phi) is 6.66. The predicted molar refractivity (Wildman–Crippen MR) is 95.3 cm³/mol. The maximum Gasteiger partial charge on any atom is 0.233 e. The molecule has 0 radical (unpaired) electrons. The van der Waals surface area contributed by atoms with E-state index in [9.17, 15) is 4.79 Å². The molecule has 1 heterocycles. The minimum absolute atomic E-state index is 0.0438. The summed E-state index contributed by atoms with van der Waals surface area (Å²) in [7, 11) is 3.49. The second-order valence-corrected chi connectivity index (χ2v) is 6.35. The lowest BCUT2D eigenvalue weighted by Crippen LogP contribution is -2.32. The summed E-state index contributed by atoms with van der Waals surface area (Å²) in [5, 5.41) is 7.58. The van der Waals surface area contributed by atoms with Gasteiger partial charge in [-0.1, -0.05) is 37.7 Å². The van der Waals surface area contributed by atoms with Gasteiger partial charge in [-0.3, -0.25) is 9.89 Å². The molecule has 130 valence electrons. The van der Waals surface area contributed by atoms with E-state index in [0.717, 1.165) is 30.0 Å². The molecule has 1 aromatic heterocycles. The first-order chi connectivity index (χ1) is 11.6. The molecule has 1 amide bonds. The standard InChI is InChI=1S/C17H24N4O2S/c1-5-14(12-7-9-13(23-4)10-8-12)21(3)16(22)11-24-17-18-15(6-2)19-20-17/h7-10,14H,5-6,11H2,1-4H3,(H,18,19,20)/t14-/m0/s1. The van der Waals surface area contributed by atoms with Gasteiger partial charge in [0.05, 0.1) is 18.9 Å². The van der Waals surface area contributed by atoms with Crippen molar-refractivity contribution in [1.29, 1.82) is 0 Å². The highest BCUT2D eigenvalue weighted by molar-refractivity contribution is 7.99. The lowest BCUT2D eigenvalue weighted by molar-refractivity contribution is -0.129. The van der Waals surface area contributed by atoms with Crippen LogP contribution in [0.15, 0.2) is 29.4 Å². The summed E-state index contributed by atoms with van der Waals surface area (Å²) in [5.74, 6) is 2.03. The van der Waals surface area contributed by atoms with Crippen LogP contribution in [-0.4, -0.2) is 45.9 Å². The SMILES string of the molecule is CCc1nc(SCC(=O)N(C)[C@@H](CC)c2ccc(OC)cc2)n[nH]1. The summed E-state index contributed by atoms with van der Waals surface area (Å²) in [6.45, 7) is 4.09. The first-order valence-electron chi connectivity index (χ1n) is 8.02. The molecule has 0 aliphatic heterocycles. The van der Waals surface area contributed by atoms with Crippen molar-refractivity contribution in [3.63, 3.8) is 0 Å². The average molecular weight is 348 g/mol. The number of aromatic nitrogens is 3. The van der Waals surface area contributed by atoms with E-state index in [2.05, 4.69) is 22.1 Å². The van der Waals surface area contributed by atoms with Crippen molar-refractivity contribution in [2.75, 3.05) is 19.9 Å². The van der Waals surface area contributed by atoms with Gasteiger partial charge in [-0.2, -0.15) is 0 Å². The van der Waals surface area contributed by atoms with E-state index in [4.69, 9.17) is 4.74 Å². The van der Waals surface area contributed by atoms with Gasteiger partial charge in [-0.25, -0.2) is 4.98 Å². The Bertz CT molecular complexity index is 657. The van der Waals surface area contributed by atoms with Crippen molar-refractivity contribution >= 4 is 17.7 Å². The van der Waals surface area contributed by atoms with Crippen LogP contribution in [0.3, 0.4) is 0 Å². The molecule has 2 aromatic rings. The minimum Gasteiger partial charge on any atom is -0.497 e. The molecule has 0 aliphatic carbocycles. The molecule has 0 fully saturated rings. The number of ether oxygens (including phenoxy) is 1. The highest BCUT2D eigenvalue weighted by Gasteiger charge is 2.20. The Labute approximate surface area is 147 Å². The molecule has 24 heavy (non-hydrogen) atoms. The smallest absolute Gasteiger partial charge is 0.233 e. The largest absolute Gasteiger partial charge is 0.497 e. The maximum atomic E-state index is 12.5. The highest BCUT2D eigenvalue weighted by Crippen LogP contribution is 2.26. The van der Waals surface area contributed by atoms with Crippen LogP contribution in [0.4, 0.5) is 0 Å². The van der Waals surface area contributed by atoms with Crippen molar-refractivity contribution in [3.8, 4) is 5.75 Å². The topological polar surface area (TPSA) is 71.1 Å². The van der Waals surface area contributed by atoms with Crippen molar-refractivity contribution in [2.24, 2.45) is 0 Å². The van der Waals surface area contributed by atoms with E-state index in [1.165, 1.54) is 11.8 Å². The quantitative estimate of drug-likeness (QED) is 0.742. The first kappa shape index (κ1) is 18.3. The molecule has 0 spiro atoms. The van der Waals surface area contributed by atoms with Crippen molar-refractivity contribution in [1.82, 2.24) is 20.1 Å². The molecule has 0 bridgehead atoms. The summed E-state index contributed by atoms with van der Waals surface area (Å²) >= 11 is 1.36.